The Morgan fingerprint density at radius 3 is 2.53 bits per heavy atom. The first-order valence-corrected chi connectivity index (χ1v) is 4.66. The molecule has 0 aliphatic rings. The van der Waals surface area contributed by atoms with E-state index in [4.69, 9.17) is 10.5 Å². The predicted octanol–water partition coefficient (Wildman–Crippen LogP) is -1.88. The molecule has 1 aromatic carbocycles. The highest BCUT2D eigenvalue weighted by atomic mass is 35.5. The van der Waals surface area contributed by atoms with Gasteiger partial charge in [0.2, 0.25) is 0 Å². The van der Waals surface area contributed by atoms with E-state index in [1.54, 1.807) is 6.92 Å². The lowest BCUT2D eigenvalue weighted by Gasteiger charge is -2.06. The molecule has 4 heteroatoms. The van der Waals surface area contributed by atoms with Crippen LogP contribution in [0.25, 0.3) is 0 Å². The van der Waals surface area contributed by atoms with Crippen molar-refractivity contribution in [1.82, 2.24) is 0 Å². The lowest BCUT2D eigenvalue weighted by molar-refractivity contribution is -0.144. The number of hydrogen-bond acceptors (Lipinski definition) is 3. The van der Waals surface area contributed by atoms with Gasteiger partial charge in [0.25, 0.3) is 0 Å². The predicted molar refractivity (Wildman–Crippen MR) is 54.8 cm³/mol. The van der Waals surface area contributed by atoms with Gasteiger partial charge in [0.1, 0.15) is 6.04 Å². The molecule has 1 rings (SSSR count). The number of carbonyl (C=O) groups is 1. The summed E-state index contributed by atoms with van der Waals surface area (Å²) in [7, 11) is 0. The van der Waals surface area contributed by atoms with Crippen LogP contribution in [-0.4, -0.2) is 18.6 Å². The average molecular weight is 229 g/mol. The van der Waals surface area contributed by atoms with Gasteiger partial charge in [-0.15, -0.1) is 0 Å². The van der Waals surface area contributed by atoms with E-state index in [0.717, 1.165) is 12.0 Å². The van der Waals surface area contributed by atoms with Crippen LogP contribution in [0, 0.1) is 0 Å². The van der Waals surface area contributed by atoms with Gasteiger partial charge in [-0.3, -0.25) is 4.79 Å². The summed E-state index contributed by atoms with van der Waals surface area (Å²) in [6, 6.07) is 9.34. The molecule has 0 aliphatic heterocycles. The molecule has 0 aromatic heterocycles. The minimum atomic E-state index is -0.536. The molecular formula is C11H15ClNO2-. The van der Waals surface area contributed by atoms with Gasteiger partial charge in [-0.25, -0.2) is 0 Å². The summed E-state index contributed by atoms with van der Waals surface area (Å²) in [4.78, 5) is 11.0. The van der Waals surface area contributed by atoms with Crippen LogP contribution in [0.2, 0.25) is 0 Å². The van der Waals surface area contributed by atoms with Crippen molar-refractivity contribution in [1.29, 1.82) is 0 Å². The number of carbonyl (C=O) groups excluding carboxylic acids is 1. The van der Waals surface area contributed by atoms with Crippen LogP contribution in [0.4, 0.5) is 0 Å². The first kappa shape index (κ1) is 13.9. The molecule has 0 aliphatic carbocycles. The third kappa shape index (κ3) is 5.40. The minimum Gasteiger partial charge on any atom is -1.00 e. The second-order valence-corrected chi connectivity index (χ2v) is 3.19. The average Bonchev–Trinajstić information content (AvgIpc) is 2.19. The number of hydrogen-bond donors (Lipinski definition) is 1. The standard InChI is InChI=1S/C11H15NO2.ClH/c1-9(12)11(13)14-8-7-10-5-3-2-4-6-10;/h2-6,9H,7-8,12H2,1H3;1H/p-1. The van der Waals surface area contributed by atoms with Crippen molar-refractivity contribution in [3.05, 3.63) is 35.9 Å². The zero-order valence-corrected chi connectivity index (χ0v) is 9.41. The van der Waals surface area contributed by atoms with Crippen LogP contribution in [0.15, 0.2) is 30.3 Å². The number of ether oxygens (including phenoxy) is 1. The fraction of sp³-hybridized carbons (Fsp3) is 0.364. The lowest BCUT2D eigenvalue weighted by atomic mass is 10.2. The summed E-state index contributed by atoms with van der Waals surface area (Å²) < 4.78 is 4.94. The van der Waals surface area contributed by atoms with Gasteiger partial charge < -0.3 is 22.9 Å². The SMILES string of the molecule is CC(N)C(=O)OCCc1ccccc1.[Cl-]. The third-order valence-corrected chi connectivity index (χ3v) is 1.85. The molecule has 0 radical (unpaired) electrons. The molecule has 0 fully saturated rings. The molecule has 0 heterocycles. The number of rotatable bonds is 4. The molecule has 0 saturated heterocycles. The third-order valence-electron chi connectivity index (χ3n) is 1.85. The lowest BCUT2D eigenvalue weighted by Crippen LogP contribution is -3.00. The van der Waals surface area contributed by atoms with E-state index in [9.17, 15) is 4.79 Å². The van der Waals surface area contributed by atoms with Crippen LogP contribution in [0.1, 0.15) is 12.5 Å². The Hall–Kier alpha value is -1.06. The van der Waals surface area contributed by atoms with Gasteiger partial charge in [-0.1, -0.05) is 30.3 Å². The van der Waals surface area contributed by atoms with E-state index in [0.29, 0.717) is 6.61 Å². The van der Waals surface area contributed by atoms with E-state index < -0.39 is 6.04 Å². The van der Waals surface area contributed by atoms with E-state index in [-0.39, 0.29) is 18.4 Å². The van der Waals surface area contributed by atoms with Crippen LogP contribution in [-0.2, 0) is 16.0 Å². The molecule has 1 aromatic rings. The molecule has 0 spiro atoms. The molecule has 1 atom stereocenters. The first-order chi connectivity index (χ1) is 6.70. The fourth-order valence-corrected chi connectivity index (χ4v) is 1.05. The summed E-state index contributed by atoms with van der Waals surface area (Å²) in [5, 5.41) is 0. The summed E-state index contributed by atoms with van der Waals surface area (Å²) in [5.41, 5.74) is 6.50. The molecule has 84 valence electrons. The molecule has 2 N–H and O–H groups in total. The Morgan fingerprint density at radius 2 is 2.00 bits per heavy atom. The zero-order chi connectivity index (χ0) is 10.4. The quantitative estimate of drug-likeness (QED) is 0.614. The van der Waals surface area contributed by atoms with Crippen molar-refractivity contribution in [2.45, 2.75) is 19.4 Å². The van der Waals surface area contributed by atoms with Crippen molar-refractivity contribution in [3.8, 4) is 0 Å². The Balaban J connectivity index is 0.00000196. The maximum atomic E-state index is 11.0. The van der Waals surface area contributed by atoms with Crippen LogP contribution in [0.3, 0.4) is 0 Å². The summed E-state index contributed by atoms with van der Waals surface area (Å²) >= 11 is 0. The van der Waals surface area contributed by atoms with Crippen molar-refractivity contribution in [2.75, 3.05) is 6.61 Å². The Bertz CT molecular complexity index is 288. The maximum absolute atomic E-state index is 11.0. The van der Waals surface area contributed by atoms with Gasteiger partial charge in [0, 0.05) is 6.42 Å². The minimum absolute atomic E-state index is 0. The Morgan fingerprint density at radius 1 is 1.40 bits per heavy atom. The first-order valence-electron chi connectivity index (χ1n) is 4.66. The van der Waals surface area contributed by atoms with Gasteiger partial charge in [0.15, 0.2) is 0 Å². The number of esters is 1. The van der Waals surface area contributed by atoms with Crippen LogP contribution < -0.4 is 18.1 Å². The highest BCUT2D eigenvalue weighted by molar-refractivity contribution is 5.74. The number of nitrogens with two attached hydrogens (primary N) is 1. The zero-order valence-electron chi connectivity index (χ0n) is 8.65. The number of halogens is 1. The summed E-state index contributed by atoms with van der Waals surface area (Å²) in [6.45, 7) is 2.01. The second-order valence-electron chi connectivity index (χ2n) is 3.19. The van der Waals surface area contributed by atoms with Crippen molar-refractivity contribution in [3.63, 3.8) is 0 Å². The molecular weight excluding hydrogens is 214 g/mol. The van der Waals surface area contributed by atoms with Crippen LogP contribution >= 0.6 is 0 Å². The summed E-state index contributed by atoms with van der Waals surface area (Å²) in [6.07, 6.45) is 0.735. The molecule has 0 amide bonds. The highest BCUT2D eigenvalue weighted by Crippen LogP contribution is 1.99. The number of benzene rings is 1. The van der Waals surface area contributed by atoms with Gasteiger partial charge in [0.05, 0.1) is 6.61 Å². The van der Waals surface area contributed by atoms with Crippen molar-refractivity contribution in [2.24, 2.45) is 5.73 Å². The van der Waals surface area contributed by atoms with Crippen molar-refractivity contribution >= 4 is 5.97 Å². The van der Waals surface area contributed by atoms with E-state index >= 15 is 0 Å². The summed E-state index contributed by atoms with van der Waals surface area (Å²) in [5.74, 6) is -0.346. The van der Waals surface area contributed by atoms with E-state index in [1.165, 1.54) is 0 Å². The normalized spacial score (nSPS) is 11.3. The smallest absolute Gasteiger partial charge is 0.322 e. The van der Waals surface area contributed by atoms with Crippen molar-refractivity contribution < 1.29 is 21.9 Å². The molecule has 0 bridgehead atoms. The van der Waals surface area contributed by atoms with Gasteiger partial charge >= 0.3 is 5.97 Å². The topological polar surface area (TPSA) is 52.3 Å². The second kappa shape index (κ2) is 7.26. The van der Waals surface area contributed by atoms with E-state index in [2.05, 4.69) is 0 Å². The fourth-order valence-electron chi connectivity index (χ4n) is 1.05. The molecule has 3 nitrogen and oxygen atoms in total. The van der Waals surface area contributed by atoms with Gasteiger partial charge in [-0.05, 0) is 12.5 Å². The van der Waals surface area contributed by atoms with E-state index in [1.807, 2.05) is 30.3 Å². The maximum Gasteiger partial charge on any atom is 0.322 e. The Labute approximate surface area is 96.0 Å². The molecule has 15 heavy (non-hydrogen) atoms. The molecule has 0 saturated carbocycles. The Kier molecular flexibility index (Phi) is 6.75. The largest absolute Gasteiger partial charge is 1.00 e. The van der Waals surface area contributed by atoms with Crippen LogP contribution in [0.5, 0.6) is 0 Å². The monoisotopic (exact) mass is 228 g/mol. The highest BCUT2D eigenvalue weighted by Gasteiger charge is 2.07. The van der Waals surface area contributed by atoms with Gasteiger partial charge in [-0.2, -0.15) is 0 Å². The molecule has 1 unspecified atom stereocenters.